The summed E-state index contributed by atoms with van der Waals surface area (Å²) in [5.41, 5.74) is -0.510. The van der Waals surface area contributed by atoms with Crippen molar-refractivity contribution in [2.45, 2.75) is 52.4 Å². The fourth-order valence-corrected chi connectivity index (χ4v) is 8.63. The average molecular weight is 588 g/mol. The Morgan fingerprint density at radius 3 is 1.32 bits per heavy atom. The van der Waals surface area contributed by atoms with Crippen LogP contribution in [0.1, 0.15) is 52.7 Å². The molecule has 0 aromatic heterocycles. The highest BCUT2D eigenvalue weighted by Crippen LogP contribution is 2.56. The number of aromatic hydroxyl groups is 2. The second-order valence-electron chi connectivity index (χ2n) is 11.8. The van der Waals surface area contributed by atoms with E-state index in [0.717, 1.165) is 0 Å². The highest BCUT2D eigenvalue weighted by atomic mass is 31.2. The molecule has 0 amide bonds. The van der Waals surface area contributed by atoms with E-state index in [0.29, 0.717) is 11.1 Å². The van der Waals surface area contributed by atoms with Crippen LogP contribution in [0.15, 0.2) is 71.5 Å². The number of para-hydroxylation sites is 2. The van der Waals surface area contributed by atoms with Crippen LogP contribution < -0.4 is 15.9 Å². The van der Waals surface area contributed by atoms with Crippen molar-refractivity contribution < 1.29 is 32.2 Å². The molecule has 0 saturated carbocycles. The van der Waals surface area contributed by atoms with Gasteiger partial charge in [-0.25, -0.2) is 22.0 Å². The van der Waals surface area contributed by atoms with Gasteiger partial charge in [-0.15, -0.1) is 0 Å². The lowest BCUT2D eigenvalue weighted by Crippen LogP contribution is -2.33. The summed E-state index contributed by atoms with van der Waals surface area (Å²) >= 11 is 0. The second kappa shape index (κ2) is 10.6. The van der Waals surface area contributed by atoms with Gasteiger partial charge in [-0.1, -0.05) is 84.0 Å². The van der Waals surface area contributed by atoms with E-state index >= 15 is 8.78 Å². The standard InChI is InChI=1S/C32H31F5NO2P/c1-31(2,3)19-14-10-16-21(28(19)39)41(38-18-12-8-7-9-13-18,22-17-11-15-20(29(22)40)32(4,5)6)30-26(36)24(34)23(33)25(35)27(30)37/h7-17,39-40H,1-6H3. The third kappa shape index (κ3) is 5.14. The second-order valence-corrected chi connectivity index (χ2v) is 14.7. The first-order valence-corrected chi connectivity index (χ1v) is 14.6. The number of hydrogen-bond acceptors (Lipinski definition) is 3. The molecule has 0 aliphatic heterocycles. The van der Waals surface area contributed by atoms with Gasteiger partial charge in [0, 0.05) is 10.6 Å². The molecule has 0 radical (unpaired) electrons. The predicted octanol–water partition coefficient (Wildman–Crippen LogP) is 8.20. The molecule has 0 atom stereocenters. The number of nitrogens with zero attached hydrogens (tertiary/aromatic N) is 1. The smallest absolute Gasteiger partial charge is 0.200 e. The summed E-state index contributed by atoms with van der Waals surface area (Å²) in [7, 11) is -4.46. The molecule has 0 aliphatic rings. The highest BCUT2D eigenvalue weighted by Gasteiger charge is 2.43. The van der Waals surface area contributed by atoms with Crippen molar-refractivity contribution in [1.82, 2.24) is 0 Å². The Labute approximate surface area is 236 Å². The fraction of sp³-hybridized carbons (Fsp3) is 0.250. The predicted molar refractivity (Wildman–Crippen MR) is 154 cm³/mol. The first kappa shape index (κ1) is 30.3. The molecule has 0 fully saturated rings. The van der Waals surface area contributed by atoms with Crippen LogP contribution in [-0.2, 0) is 10.8 Å². The van der Waals surface area contributed by atoms with E-state index in [9.17, 15) is 23.4 Å². The summed E-state index contributed by atoms with van der Waals surface area (Å²) in [5, 5.41) is 21.9. The van der Waals surface area contributed by atoms with E-state index in [4.69, 9.17) is 4.74 Å². The molecule has 0 bridgehead atoms. The Kier molecular flexibility index (Phi) is 7.87. The van der Waals surface area contributed by atoms with E-state index in [1.165, 1.54) is 36.4 Å². The average Bonchev–Trinajstić information content (AvgIpc) is 2.90. The maximum absolute atomic E-state index is 16.0. The maximum Gasteiger partial charge on any atom is 0.200 e. The highest BCUT2D eigenvalue weighted by molar-refractivity contribution is 7.87. The Balaban J connectivity index is 2.42. The first-order valence-electron chi connectivity index (χ1n) is 12.9. The summed E-state index contributed by atoms with van der Waals surface area (Å²) < 4.78 is 81.0. The lowest BCUT2D eigenvalue weighted by molar-refractivity contribution is 0.384. The summed E-state index contributed by atoms with van der Waals surface area (Å²) in [6.07, 6.45) is 0. The number of benzene rings is 4. The largest absolute Gasteiger partial charge is 0.507 e. The van der Waals surface area contributed by atoms with Gasteiger partial charge in [0.05, 0.1) is 18.0 Å². The lowest BCUT2D eigenvalue weighted by atomic mass is 9.86. The molecule has 4 aromatic carbocycles. The van der Waals surface area contributed by atoms with E-state index in [1.54, 1.807) is 71.9 Å². The van der Waals surface area contributed by atoms with E-state index < -0.39 is 63.8 Å². The zero-order valence-corrected chi connectivity index (χ0v) is 24.4. The Bertz CT molecular complexity index is 1590. The van der Waals surface area contributed by atoms with Crippen LogP contribution >= 0.6 is 7.05 Å². The Morgan fingerprint density at radius 2 is 0.927 bits per heavy atom. The number of phenolic OH excluding ortho intramolecular Hbond substituents is 2. The minimum absolute atomic E-state index is 0.144. The minimum Gasteiger partial charge on any atom is -0.507 e. The van der Waals surface area contributed by atoms with E-state index in [-0.39, 0.29) is 16.3 Å². The van der Waals surface area contributed by atoms with Crippen LogP contribution in [0, 0.1) is 29.1 Å². The molecule has 0 unspecified atom stereocenters. The molecule has 0 saturated heterocycles. The maximum atomic E-state index is 16.0. The lowest BCUT2D eigenvalue weighted by Gasteiger charge is -2.32. The van der Waals surface area contributed by atoms with Crippen molar-refractivity contribution in [1.29, 1.82) is 0 Å². The number of rotatable bonds is 4. The van der Waals surface area contributed by atoms with Crippen molar-refractivity contribution in [2.24, 2.45) is 4.74 Å². The SMILES string of the molecule is CC(C)(C)c1cccc(P(=Nc2ccccc2)(c2cccc(C(C)(C)C)c2O)c2c(F)c(F)c(F)c(F)c2F)c1O. The molecule has 0 spiro atoms. The zero-order chi connectivity index (χ0) is 30.5. The number of hydrogen-bond donors (Lipinski definition) is 2. The van der Waals surface area contributed by atoms with Gasteiger partial charge in [0.25, 0.3) is 0 Å². The van der Waals surface area contributed by atoms with Crippen molar-refractivity contribution >= 4 is 28.7 Å². The summed E-state index contributed by atoms with van der Waals surface area (Å²) in [5.74, 6) is -11.6. The molecular weight excluding hydrogens is 556 g/mol. The van der Waals surface area contributed by atoms with Crippen LogP contribution in [0.5, 0.6) is 11.5 Å². The van der Waals surface area contributed by atoms with Gasteiger partial charge in [0.1, 0.15) is 11.5 Å². The van der Waals surface area contributed by atoms with E-state index in [2.05, 4.69) is 0 Å². The van der Waals surface area contributed by atoms with Crippen LogP contribution in [0.3, 0.4) is 0 Å². The van der Waals surface area contributed by atoms with Crippen LogP contribution in [0.4, 0.5) is 27.6 Å². The molecule has 4 aromatic rings. The topological polar surface area (TPSA) is 52.8 Å². The van der Waals surface area contributed by atoms with Gasteiger partial charge in [0.2, 0.25) is 5.82 Å². The molecule has 41 heavy (non-hydrogen) atoms. The fourth-order valence-electron chi connectivity index (χ4n) is 4.87. The van der Waals surface area contributed by atoms with Crippen molar-refractivity contribution in [3.05, 3.63) is 107 Å². The van der Waals surface area contributed by atoms with Crippen molar-refractivity contribution in [3.8, 4) is 11.5 Å². The molecule has 216 valence electrons. The molecule has 2 N–H and O–H groups in total. The van der Waals surface area contributed by atoms with Gasteiger partial charge in [0.15, 0.2) is 23.3 Å². The first-order chi connectivity index (χ1) is 19.0. The Morgan fingerprint density at radius 1 is 0.537 bits per heavy atom. The Hall–Kier alpha value is -3.64. The monoisotopic (exact) mass is 587 g/mol. The molecule has 9 heteroatoms. The zero-order valence-electron chi connectivity index (χ0n) is 23.5. The molecular formula is C32H31F5NO2P. The number of phenols is 2. The van der Waals surface area contributed by atoms with Crippen LogP contribution in [0.2, 0.25) is 0 Å². The third-order valence-corrected chi connectivity index (χ3v) is 10.6. The van der Waals surface area contributed by atoms with Gasteiger partial charge in [-0.2, -0.15) is 0 Å². The quantitative estimate of drug-likeness (QED) is 0.110. The summed E-state index contributed by atoms with van der Waals surface area (Å²) in [6.45, 7) is 10.8. The number of halogens is 5. The van der Waals surface area contributed by atoms with Gasteiger partial charge >= 0.3 is 0 Å². The third-order valence-electron chi connectivity index (χ3n) is 6.87. The summed E-state index contributed by atoms with van der Waals surface area (Å²) in [4.78, 5) is 0. The van der Waals surface area contributed by atoms with Crippen LogP contribution in [0.25, 0.3) is 0 Å². The molecule has 4 rings (SSSR count). The van der Waals surface area contributed by atoms with Crippen molar-refractivity contribution in [3.63, 3.8) is 0 Å². The van der Waals surface area contributed by atoms with Crippen molar-refractivity contribution in [2.75, 3.05) is 0 Å². The molecule has 3 nitrogen and oxygen atoms in total. The molecule has 0 aliphatic carbocycles. The minimum atomic E-state index is -4.46. The normalized spacial score (nSPS) is 12.5. The molecule has 0 heterocycles. The van der Waals surface area contributed by atoms with Gasteiger partial charge < -0.3 is 10.2 Å². The van der Waals surface area contributed by atoms with E-state index in [1.807, 2.05) is 0 Å². The summed E-state index contributed by atoms with van der Waals surface area (Å²) in [6, 6.07) is 16.9. The van der Waals surface area contributed by atoms with Gasteiger partial charge in [-0.3, -0.25) is 4.74 Å². The van der Waals surface area contributed by atoms with Crippen LogP contribution in [-0.4, -0.2) is 10.2 Å². The van der Waals surface area contributed by atoms with Gasteiger partial charge in [-0.05, 0) is 46.2 Å².